The van der Waals surface area contributed by atoms with Crippen LogP contribution >= 0.6 is 0 Å². The highest BCUT2D eigenvalue weighted by Crippen LogP contribution is 2.28. The Balaban J connectivity index is 1.56. The van der Waals surface area contributed by atoms with E-state index >= 15 is 0 Å². The van der Waals surface area contributed by atoms with Gasteiger partial charge >= 0.3 is 6.09 Å². The van der Waals surface area contributed by atoms with Crippen LogP contribution in [0.1, 0.15) is 24.8 Å². The molecule has 9 heteroatoms. The lowest BCUT2D eigenvalue weighted by molar-refractivity contribution is 0.111. The summed E-state index contributed by atoms with van der Waals surface area (Å²) in [4.78, 5) is 12.3. The molecule has 154 valence electrons. The number of hydrogen-bond donors (Lipinski definition) is 1. The van der Waals surface area contributed by atoms with Gasteiger partial charge in [-0.25, -0.2) is 17.6 Å². The van der Waals surface area contributed by atoms with E-state index in [1.165, 1.54) is 21.5 Å². The molecule has 1 N–H and O–H groups in total. The van der Waals surface area contributed by atoms with Crippen LogP contribution in [-0.4, -0.2) is 67.9 Å². The fraction of sp³-hybridized carbons (Fsp3) is 0.526. The van der Waals surface area contributed by atoms with Crippen LogP contribution in [0.25, 0.3) is 5.57 Å². The molecule has 0 aromatic heterocycles. The number of piperidine rings is 1. The van der Waals surface area contributed by atoms with Crippen molar-refractivity contribution < 1.29 is 27.4 Å². The Kier molecular flexibility index (Phi) is 6.24. The molecule has 7 nitrogen and oxygen atoms in total. The number of rotatable bonds is 5. The molecule has 1 saturated heterocycles. The summed E-state index contributed by atoms with van der Waals surface area (Å²) < 4.78 is 44.6. The number of carboxylic acid groups (broad SMARTS) is 1. The summed E-state index contributed by atoms with van der Waals surface area (Å²) >= 11 is 0. The predicted octanol–water partition coefficient (Wildman–Crippen LogP) is 2.64. The molecule has 2 heterocycles. The third-order valence-corrected chi connectivity index (χ3v) is 6.57. The minimum absolute atomic E-state index is 0.179. The zero-order valence-electron chi connectivity index (χ0n) is 15.8. The summed E-state index contributed by atoms with van der Waals surface area (Å²) in [7, 11) is -3.21. The molecule has 1 aromatic rings. The van der Waals surface area contributed by atoms with Crippen molar-refractivity contribution in [2.24, 2.45) is 5.92 Å². The van der Waals surface area contributed by atoms with E-state index in [1.54, 1.807) is 12.1 Å². The van der Waals surface area contributed by atoms with E-state index in [0.29, 0.717) is 52.0 Å². The first-order chi connectivity index (χ1) is 13.2. The molecule has 1 aromatic carbocycles. The van der Waals surface area contributed by atoms with E-state index in [4.69, 9.17) is 9.84 Å². The molecule has 0 unspecified atom stereocenters. The van der Waals surface area contributed by atoms with Gasteiger partial charge in [0.1, 0.15) is 0 Å². The first-order valence-corrected chi connectivity index (χ1v) is 11.1. The maximum Gasteiger partial charge on any atom is 0.407 e. The van der Waals surface area contributed by atoms with E-state index < -0.39 is 21.9 Å². The Morgan fingerprint density at radius 3 is 2.54 bits per heavy atom. The molecule has 28 heavy (non-hydrogen) atoms. The van der Waals surface area contributed by atoms with Crippen molar-refractivity contribution in [2.75, 3.05) is 39.0 Å². The SMILES string of the molecule is CS(=O)(=O)N1CC=C(c2ccc(OCC3CCN(C(=O)O)CC3)c(F)c2)CC1. The largest absolute Gasteiger partial charge is 0.490 e. The third kappa shape index (κ3) is 5.02. The van der Waals surface area contributed by atoms with Crippen molar-refractivity contribution in [1.82, 2.24) is 9.21 Å². The topological polar surface area (TPSA) is 87.2 Å². The van der Waals surface area contributed by atoms with Crippen molar-refractivity contribution in [2.45, 2.75) is 19.3 Å². The fourth-order valence-electron chi connectivity index (χ4n) is 3.53. The molecule has 2 aliphatic heterocycles. The van der Waals surface area contributed by atoms with Gasteiger partial charge in [0, 0.05) is 26.2 Å². The second kappa shape index (κ2) is 8.48. The average Bonchev–Trinajstić information content (AvgIpc) is 2.67. The Morgan fingerprint density at radius 1 is 1.29 bits per heavy atom. The average molecular weight is 412 g/mol. The predicted molar refractivity (Wildman–Crippen MR) is 103 cm³/mol. The second-order valence-corrected chi connectivity index (χ2v) is 9.25. The van der Waals surface area contributed by atoms with Gasteiger partial charge in [-0.3, -0.25) is 0 Å². The normalized spacial score (nSPS) is 19.4. The molecule has 2 aliphatic rings. The minimum Gasteiger partial charge on any atom is -0.490 e. The summed E-state index contributed by atoms with van der Waals surface area (Å²) in [6, 6.07) is 4.80. The van der Waals surface area contributed by atoms with Gasteiger partial charge in [0.2, 0.25) is 10.0 Å². The molecule has 0 spiro atoms. The second-order valence-electron chi connectivity index (χ2n) is 7.27. The number of halogens is 1. The highest BCUT2D eigenvalue weighted by atomic mass is 32.2. The van der Waals surface area contributed by atoms with Gasteiger partial charge in [-0.2, -0.15) is 4.31 Å². The molecule has 0 saturated carbocycles. The van der Waals surface area contributed by atoms with Crippen LogP contribution in [0, 0.1) is 11.7 Å². The number of likely N-dealkylation sites (tertiary alicyclic amines) is 1. The van der Waals surface area contributed by atoms with Crippen LogP contribution < -0.4 is 4.74 Å². The minimum atomic E-state index is -3.21. The van der Waals surface area contributed by atoms with Crippen molar-refractivity contribution in [3.63, 3.8) is 0 Å². The molecule has 3 rings (SSSR count). The highest BCUT2D eigenvalue weighted by molar-refractivity contribution is 7.88. The first-order valence-electron chi connectivity index (χ1n) is 9.29. The molecule has 0 atom stereocenters. The van der Waals surface area contributed by atoms with Crippen molar-refractivity contribution in [3.8, 4) is 5.75 Å². The van der Waals surface area contributed by atoms with E-state index in [0.717, 1.165) is 11.1 Å². The summed E-state index contributed by atoms with van der Waals surface area (Å²) in [6.07, 6.45) is 4.04. The molecule has 0 aliphatic carbocycles. The van der Waals surface area contributed by atoms with E-state index in [2.05, 4.69) is 0 Å². The molecule has 0 bridgehead atoms. The Labute approximate surface area is 164 Å². The van der Waals surface area contributed by atoms with Crippen LogP contribution in [0.15, 0.2) is 24.3 Å². The van der Waals surface area contributed by atoms with Crippen LogP contribution in [0.2, 0.25) is 0 Å². The van der Waals surface area contributed by atoms with Crippen molar-refractivity contribution in [3.05, 3.63) is 35.7 Å². The highest BCUT2D eigenvalue weighted by Gasteiger charge is 2.23. The lowest BCUT2D eigenvalue weighted by atomic mass is 9.98. The fourth-order valence-corrected chi connectivity index (χ4v) is 4.30. The zero-order valence-corrected chi connectivity index (χ0v) is 16.6. The van der Waals surface area contributed by atoms with Gasteiger partial charge in [-0.15, -0.1) is 0 Å². The third-order valence-electron chi connectivity index (χ3n) is 5.30. The van der Waals surface area contributed by atoms with E-state index in [9.17, 15) is 17.6 Å². The molecular formula is C19H25FN2O5S. The van der Waals surface area contributed by atoms with E-state index in [-0.39, 0.29) is 11.7 Å². The number of amides is 1. The summed E-state index contributed by atoms with van der Waals surface area (Å²) in [5, 5.41) is 8.96. The number of carbonyl (C=O) groups is 1. The molecule has 0 radical (unpaired) electrons. The zero-order chi connectivity index (χ0) is 20.3. The van der Waals surface area contributed by atoms with Crippen molar-refractivity contribution >= 4 is 21.7 Å². The van der Waals surface area contributed by atoms with Crippen LogP contribution in [0.4, 0.5) is 9.18 Å². The monoisotopic (exact) mass is 412 g/mol. The van der Waals surface area contributed by atoms with Gasteiger partial charge in [-0.05, 0) is 48.4 Å². The lowest BCUT2D eigenvalue weighted by Gasteiger charge is -2.29. The smallest absolute Gasteiger partial charge is 0.407 e. The van der Waals surface area contributed by atoms with Gasteiger partial charge in [0.05, 0.1) is 12.9 Å². The maximum absolute atomic E-state index is 14.4. The standard InChI is InChI=1S/C19H25FN2O5S/c1-28(25,26)22-10-6-15(7-11-22)16-2-3-18(17(20)12-16)27-13-14-4-8-21(9-5-14)19(23)24/h2-3,6,12,14H,4-5,7-11,13H2,1H3,(H,23,24). The quantitative estimate of drug-likeness (QED) is 0.803. The van der Waals surface area contributed by atoms with Crippen LogP contribution in [-0.2, 0) is 10.0 Å². The summed E-state index contributed by atoms with van der Waals surface area (Å²) in [5.41, 5.74) is 1.65. The van der Waals surface area contributed by atoms with Gasteiger partial charge in [-0.1, -0.05) is 12.1 Å². The first kappa shape index (κ1) is 20.6. The molecule has 1 fully saturated rings. The van der Waals surface area contributed by atoms with Gasteiger partial charge in [0.25, 0.3) is 0 Å². The van der Waals surface area contributed by atoms with Crippen LogP contribution in [0.5, 0.6) is 5.75 Å². The summed E-state index contributed by atoms with van der Waals surface area (Å²) in [5.74, 6) is -0.0665. The molecular weight excluding hydrogens is 387 g/mol. The maximum atomic E-state index is 14.4. The number of benzene rings is 1. The number of ether oxygens (including phenoxy) is 1. The van der Waals surface area contributed by atoms with Crippen LogP contribution in [0.3, 0.4) is 0 Å². The van der Waals surface area contributed by atoms with E-state index in [1.807, 2.05) is 6.08 Å². The Bertz CT molecular complexity index is 863. The number of nitrogens with zero attached hydrogens (tertiary/aromatic N) is 2. The Hall–Kier alpha value is -2.13. The number of hydrogen-bond acceptors (Lipinski definition) is 4. The van der Waals surface area contributed by atoms with Crippen molar-refractivity contribution in [1.29, 1.82) is 0 Å². The van der Waals surface area contributed by atoms with Gasteiger partial charge < -0.3 is 14.7 Å². The lowest BCUT2D eigenvalue weighted by Crippen LogP contribution is -2.38. The summed E-state index contributed by atoms with van der Waals surface area (Å²) in [6.45, 7) is 1.99. The Morgan fingerprint density at radius 2 is 2.00 bits per heavy atom. The number of sulfonamides is 1. The molecule has 1 amide bonds. The van der Waals surface area contributed by atoms with Gasteiger partial charge in [0.15, 0.2) is 11.6 Å².